The summed E-state index contributed by atoms with van der Waals surface area (Å²) >= 11 is 0. The highest BCUT2D eigenvalue weighted by Gasteiger charge is 2.24. The van der Waals surface area contributed by atoms with E-state index in [0.717, 1.165) is 19.0 Å². The van der Waals surface area contributed by atoms with Gasteiger partial charge in [0.25, 0.3) is 0 Å². The first-order chi connectivity index (χ1) is 8.92. The molecule has 4 rings (SSSR count). The number of aromatic nitrogens is 2. The molecule has 2 heterocycles. The van der Waals surface area contributed by atoms with E-state index in [1.165, 1.54) is 42.1 Å². The molecular formula is C15H20ClN3. The Morgan fingerprint density at radius 1 is 1.11 bits per heavy atom. The molecule has 1 N–H and O–H groups in total. The lowest BCUT2D eigenvalue weighted by atomic mass is 10.1. The van der Waals surface area contributed by atoms with E-state index < -0.39 is 0 Å². The maximum absolute atomic E-state index is 4.63. The van der Waals surface area contributed by atoms with Gasteiger partial charge in [-0.05, 0) is 62.4 Å². The van der Waals surface area contributed by atoms with Crippen LogP contribution in [0.5, 0.6) is 0 Å². The van der Waals surface area contributed by atoms with Crippen LogP contribution in [0.1, 0.15) is 43.2 Å². The number of nitrogens with zero attached hydrogens (tertiary/aromatic N) is 2. The van der Waals surface area contributed by atoms with Crippen LogP contribution in [-0.4, -0.2) is 22.9 Å². The molecule has 0 spiro atoms. The molecule has 2 fully saturated rings. The molecule has 1 saturated carbocycles. The first kappa shape index (κ1) is 12.9. The van der Waals surface area contributed by atoms with E-state index in [4.69, 9.17) is 0 Å². The van der Waals surface area contributed by atoms with Crippen molar-refractivity contribution in [1.29, 1.82) is 0 Å². The third kappa shape index (κ3) is 2.37. The zero-order valence-corrected chi connectivity index (χ0v) is 11.8. The molecular weight excluding hydrogens is 258 g/mol. The second kappa shape index (κ2) is 5.14. The van der Waals surface area contributed by atoms with Crippen molar-refractivity contribution in [3.63, 3.8) is 0 Å². The van der Waals surface area contributed by atoms with Crippen molar-refractivity contribution in [3.05, 3.63) is 30.0 Å². The second-order valence-electron chi connectivity index (χ2n) is 5.66. The highest BCUT2D eigenvalue weighted by atomic mass is 35.5. The predicted molar refractivity (Wildman–Crippen MR) is 80.1 cm³/mol. The number of nitrogens with one attached hydrogen (secondary N) is 1. The molecule has 1 saturated heterocycles. The van der Waals surface area contributed by atoms with E-state index in [0.29, 0.717) is 6.04 Å². The summed E-state index contributed by atoms with van der Waals surface area (Å²) in [5.74, 6) is 0.830. The number of hydrogen-bond acceptors (Lipinski definition) is 2. The summed E-state index contributed by atoms with van der Waals surface area (Å²) in [6.45, 7) is 2.23. The van der Waals surface area contributed by atoms with E-state index >= 15 is 0 Å². The van der Waals surface area contributed by atoms with Gasteiger partial charge in [0.05, 0.1) is 17.8 Å². The summed E-state index contributed by atoms with van der Waals surface area (Å²) in [4.78, 5) is 0. The van der Waals surface area contributed by atoms with Gasteiger partial charge in [0.15, 0.2) is 0 Å². The molecule has 0 atom stereocenters. The van der Waals surface area contributed by atoms with Gasteiger partial charge in [-0.15, -0.1) is 12.4 Å². The number of halogens is 1. The predicted octanol–water partition coefficient (Wildman–Crippen LogP) is 3.26. The largest absolute Gasteiger partial charge is 0.317 e. The molecule has 1 aliphatic carbocycles. The zero-order chi connectivity index (χ0) is 11.9. The average molecular weight is 278 g/mol. The molecule has 1 aromatic heterocycles. The average Bonchev–Trinajstić information content (AvgIpc) is 3.19. The van der Waals surface area contributed by atoms with E-state index in [1.54, 1.807) is 0 Å². The van der Waals surface area contributed by atoms with E-state index in [-0.39, 0.29) is 12.4 Å². The highest BCUT2D eigenvalue weighted by Crippen LogP contribution is 2.41. The molecule has 0 radical (unpaired) electrons. The lowest BCUT2D eigenvalue weighted by Crippen LogP contribution is -2.29. The minimum Gasteiger partial charge on any atom is -0.317 e. The Bertz CT molecular complexity index is 568. The fourth-order valence-corrected chi connectivity index (χ4v) is 3.08. The van der Waals surface area contributed by atoms with Crippen molar-refractivity contribution in [2.75, 3.05) is 13.1 Å². The molecule has 1 aliphatic heterocycles. The quantitative estimate of drug-likeness (QED) is 0.913. The van der Waals surface area contributed by atoms with Crippen molar-refractivity contribution in [2.45, 2.75) is 37.6 Å². The van der Waals surface area contributed by atoms with Gasteiger partial charge >= 0.3 is 0 Å². The minimum atomic E-state index is 0. The fourth-order valence-electron chi connectivity index (χ4n) is 3.08. The van der Waals surface area contributed by atoms with Crippen LogP contribution in [0.15, 0.2) is 24.4 Å². The van der Waals surface area contributed by atoms with Crippen LogP contribution in [0.2, 0.25) is 0 Å². The summed E-state index contributed by atoms with van der Waals surface area (Å²) in [5, 5.41) is 9.36. The SMILES string of the molecule is Cl.c1cc2c(cnn2C2CCNCC2)cc1C1CC1. The lowest BCUT2D eigenvalue weighted by Gasteiger charge is -2.23. The molecule has 1 aromatic carbocycles. The van der Waals surface area contributed by atoms with Crippen LogP contribution >= 0.6 is 12.4 Å². The maximum Gasteiger partial charge on any atom is 0.0685 e. The molecule has 19 heavy (non-hydrogen) atoms. The molecule has 0 bridgehead atoms. The first-order valence-corrected chi connectivity index (χ1v) is 7.10. The smallest absolute Gasteiger partial charge is 0.0685 e. The molecule has 0 unspecified atom stereocenters. The number of hydrogen-bond donors (Lipinski definition) is 1. The summed E-state index contributed by atoms with van der Waals surface area (Å²) in [6, 6.07) is 7.50. The molecule has 2 aromatic rings. The highest BCUT2D eigenvalue weighted by molar-refractivity contribution is 5.85. The van der Waals surface area contributed by atoms with Crippen molar-refractivity contribution >= 4 is 23.3 Å². The Balaban J connectivity index is 0.00000110. The summed E-state index contributed by atoms with van der Waals surface area (Å²) in [5.41, 5.74) is 2.82. The first-order valence-electron chi connectivity index (χ1n) is 7.10. The monoisotopic (exact) mass is 277 g/mol. The van der Waals surface area contributed by atoms with Gasteiger partial charge in [-0.25, -0.2) is 0 Å². The van der Waals surface area contributed by atoms with Crippen molar-refractivity contribution in [1.82, 2.24) is 15.1 Å². The zero-order valence-electron chi connectivity index (χ0n) is 11.0. The number of piperidine rings is 1. The maximum atomic E-state index is 4.63. The topological polar surface area (TPSA) is 29.9 Å². The van der Waals surface area contributed by atoms with Crippen LogP contribution < -0.4 is 5.32 Å². The standard InChI is InChI=1S/C15H19N3.ClH/c1-2-11(1)12-3-4-15-13(9-12)10-17-18(15)14-5-7-16-8-6-14;/h3-4,9-11,14,16H,1-2,5-8H2;1H. The minimum absolute atomic E-state index is 0. The second-order valence-corrected chi connectivity index (χ2v) is 5.66. The van der Waals surface area contributed by atoms with Gasteiger partial charge in [-0.3, -0.25) is 4.68 Å². The Hall–Kier alpha value is -1.06. The van der Waals surface area contributed by atoms with Gasteiger partial charge in [-0.2, -0.15) is 5.10 Å². The Labute approximate surface area is 119 Å². The van der Waals surface area contributed by atoms with Gasteiger partial charge in [-0.1, -0.05) is 6.07 Å². The van der Waals surface area contributed by atoms with Crippen molar-refractivity contribution in [2.24, 2.45) is 0 Å². The van der Waals surface area contributed by atoms with Crippen LogP contribution in [0.3, 0.4) is 0 Å². The third-order valence-corrected chi connectivity index (χ3v) is 4.32. The van der Waals surface area contributed by atoms with Gasteiger partial charge < -0.3 is 5.32 Å². The van der Waals surface area contributed by atoms with Crippen LogP contribution in [0.4, 0.5) is 0 Å². The van der Waals surface area contributed by atoms with Crippen molar-refractivity contribution < 1.29 is 0 Å². The van der Waals surface area contributed by atoms with E-state index in [1.807, 2.05) is 6.20 Å². The third-order valence-electron chi connectivity index (χ3n) is 4.32. The number of rotatable bonds is 2. The molecule has 0 amide bonds. The van der Waals surface area contributed by atoms with Crippen LogP contribution in [-0.2, 0) is 0 Å². The van der Waals surface area contributed by atoms with Crippen molar-refractivity contribution in [3.8, 4) is 0 Å². The van der Waals surface area contributed by atoms with Crippen LogP contribution in [0, 0.1) is 0 Å². The Kier molecular flexibility index (Phi) is 3.50. The normalized spacial score (nSPS) is 20.4. The number of benzene rings is 1. The van der Waals surface area contributed by atoms with Gasteiger partial charge in [0.1, 0.15) is 0 Å². The molecule has 3 nitrogen and oxygen atoms in total. The Morgan fingerprint density at radius 2 is 1.89 bits per heavy atom. The van der Waals surface area contributed by atoms with Gasteiger partial charge in [0.2, 0.25) is 0 Å². The lowest BCUT2D eigenvalue weighted by molar-refractivity contribution is 0.351. The summed E-state index contributed by atoms with van der Waals surface area (Å²) < 4.78 is 2.24. The molecule has 2 aliphatic rings. The van der Waals surface area contributed by atoms with Crippen LogP contribution in [0.25, 0.3) is 10.9 Å². The van der Waals surface area contributed by atoms with E-state index in [9.17, 15) is 0 Å². The summed E-state index contributed by atoms with van der Waals surface area (Å²) in [6.07, 6.45) is 7.17. The van der Waals surface area contributed by atoms with E-state index in [2.05, 4.69) is 33.3 Å². The molecule has 102 valence electrons. The fraction of sp³-hybridized carbons (Fsp3) is 0.533. The summed E-state index contributed by atoms with van der Waals surface area (Å²) in [7, 11) is 0. The Morgan fingerprint density at radius 3 is 2.63 bits per heavy atom. The van der Waals surface area contributed by atoms with Gasteiger partial charge in [0, 0.05) is 5.39 Å². The molecule has 4 heteroatoms. The number of fused-ring (bicyclic) bond motifs is 1.